The molecule has 5 nitrogen and oxygen atoms in total. The number of carbonyl (C=O) groups is 1. The Morgan fingerprint density at radius 1 is 1.00 bits per heavy atom. The number of anilines is 1. The average molecular weight is 412 g/mol. The van der Waals surface area contributed by atoms with Crippen molar-refractivity contribution in [3.8, 4) is 5.75 Å². The Morgan fingerprint density at radius 3 is 2.58 bits per heavy atom. The van der Waals surface area contributed by atoms with E-state index in [0.717, 1.165) is 29.1 Å². The highest BCUT2D eigenvalue weighted by atomic mass is 16.5. The number of amides is 1. The molecule has 4 aromatic rings. The first kappa shape index (κ1) is 19.4. The van der Waals surface area contributed by atoms with E-state index in [9.17, 15) is 4.79 Å². The van der Waals surface area contributed by atoms with Crippen LogP contribution in [0, 0.1) is 6.92 Å². The molecule has 1 saturated heterocycles. The lowest BCUT2D eigenvalue weighted by Gasteiger charge is -2.20. The van der Waals surface area contributed by atoms with E-state index >= 15 is 0 Å². The number of benzene rings is 3. The molecule has 0 aliphatic carbocycles. The van der Waals surface area contributed by atoms with Gasteiger partial charge in [-0.05, 0) is 42.3 Å². The lowest BCUT2D eigenvalue weighted by atomic mass is 10.1. The number of carbonyl (C=O) groups excluding carboxylic acids is 1. The Bertz CT molecular complexity index is 1260. The summed E-state index contributed by atoms with van der Waals surface area (Å²) in [5.74, 6) is 1.80. The third kappa shape index (κ3) is 3.46. The number of hydrogen-bond acceptors (Lipinski definition) is 3. The summed E-state index contributed by atoms with van der Waals surface area (Å²) in [6.07, 6.45) is 0.440. The first-order valence-electron chi connectivity index (χ1n) is 10.6. The first-order valence-corrected chi connectivity index (χ1v) is 10.6. The maximum Gasteiger partial charge on any atom is 0.227 e. The van der Waals surface area contributed by atoms with Gasteiger partial charge < -0.3 is 14.2 Å². The normalized spacial score (nSPS) is 16.3. The second-order valence-electron chi connectivity index (χ2n) is 8.05. The number of fused-ring (bicyclic) bond motifs is 1. The summed E-state index contributed by atoms with van der Waals surface area (Å²) in [5.41, 5.74) is 5.40. The van der Waals surface area contributed by atoms with Crippen molar-refractivity contribution in [1.82, 2.24) is 9.55 Å². The summed E-state index contributed by atoms with van der Waals surface area (Å²) in [6, 6.07) is 24.3. The highest BCUT2D eigenvalue weighted by Crippen LogP contribution is 2.37. The lowest BCUT2D eigenvalue weighted by Crippen LogP contribution is -2.25. The van der Waals surface area contributed by atoms with Gasteiger partial charge in [0.25, 0.3) is 0 Å². The minimum Gasteiger partial charge on any atom is -0.495 e. The number of rotatable bonds is 5. The van der Waals surface area contributed by atoms with Crippen LogP contribution in [0.2, 0.25) is 0 Å². The molecule has 0 unspecified atom stereocenters. The second-order valence-corrected chi connectivity index (χ2v) is 8.05. The number of nitrogens with zero attached hydrogens (tertiary/aromatic N) is 3. The molecule has 1 aliphatic rings. The standard InChI is InChI=1S/C26H25N3O2/c1-18-9-3-4-10-19(18)16-29-22-12-6-5-11-21(22)27-26(29)20-15-25(30)28(17-20)23-13-7-8-14-24(23)31-2/h3-14,20H,15-17H2,1-2H3/t20-/m0/s1. The van der Waals surface area contributed by atoms with Gasteiger partial charge in [0.05, 0.1) is 23.8 Å². The van der Waals surface area contributed by atoms with Crippen LogP contribution in [0.15, 0.2) is 72.8 Å². The molecule has 1 atom stereocenters. The van der Waals surface area contributed by atoms with E-state index in [2.05, 4.69) is 41.8 Å². The van der Waals surface area contributed by atoms with E-state index in [0.29, 0.717) is 18.7 Å². The SMILES string of the molecule is COc1ccccc1N1C[C@@H](c2nc3ccccc3n2Cc2ccccc2C)CC1=O. The number of aryl methyl sites for hydroxylation is 1. The van der Waals surface area contributed by atoms with E-state index in [1.54, 1.807) is 7.11 Å². The molecule has 1 aliphatic heterocycles. The first-order chi connectivity index (χ1) is 15.2. The van der Waals surface area contributed by atoms with Crippen molar-refractivity contribution in [3.05, 3.63) is 89.7 Å². The fourth-order valence-corrected chi connectivity index (χ4v) is 4.50. The Morgan fingerprint density at radius 2 is 1.74 bits per heavy atom. The van der Waals surface area contributed by atoms with E-state index in [1.165, 1.54) is 11.1 Å². The largest absolute Gasteiger partial charge is 0.495 e. The predicted molar refractivity (Wildman–Crippen MR) is 123 cm³/mol. The smallest absolute Gasteiger partial charge is 0.227 e. The Hall–Kier alpha value is -3.60. The predicted octanol–water partition coefficient (Wildman–Crippen LogP) is 4.92. The van der Waals surface area contributed by atoms with Gasteiger partial charge in [0, 0.05) is 25.4 Å². The number of aromatic nitrogens is 2. The molecule has 1 amide bonds. The number of hydrogen-bond donors (Lipinski definition) is 0. The molecule has 0 radical (unpaired) electrons. The van der Waals surface area contributed by atoms with Gasteiger partial charge >= 0.3 is 0 Å². The third-order valence-corrected chi connectivity index (χ3v) is 6.14. The molecule has 0 spiro atoms. The summed E-state index contributed by atoms with van der Waals surface area (Å²) in [7, 11) is 1.64. The van der Waals surface area contributed by atoms with E-state index in [4.69, 9.17) is 9.72 Å². The van der Waals surface area contributed by atoms with Crippen LogP contribution >= 0.6 is 0 Å². The van der Waals surface area contributed by atoms with Crippen LogP contribution in [-0.4, -0.2) is 29.1 Å². The van der Waals surface area contributed by atoms with Gasteiger partial charge in [0.1, 0.15) is 11.6 Å². The van der Waals surface area contributed by atoms with Crippen molar-refractivity contribution >= 4 is 22.6 Å². The number of ether oxygens (including phenoxy) is 1. The summed E-state index contributed by atoms with van der Waals surface area (Å²) in [6.45, 7) is 3.47. The molecule has 0 bridgehead atoms. The Kier molecular flexibility index (Phi) is 4.94. The van der Waals surface area contributed by atoms with Gasteiger partial charge in [-0.2, -0.15) is 0 Å². The third-order valence-electron chi connectivity index (χ3n) is 6.14. The van der Waals surface area contributed by atoms with Crippen LogP contribution < -0.4 is 9.64 Å². The molecule has 1 fully saturated rings. The maximum atomic E-state index is 13.0. The minimum atomic E-state index is 0.0221. The van der Waals surface area contributed by atoms with Crippen LogP contribution in [0.5, 0.6) is 5.75 Å². The topological polar surface area (TPSA) is 47.4 Å². The molecule has 1 aromatic heterocycles. The zero-order valence-corrected chi connectivity index (χ0v) is 17.8. The average Bonchev–Trinajstić information content (AvgIpc) is 3.36. The molecule has 2 heterocycles. The van der Waals surface area contributed by atoms with Gasteiger partial charge in [-0.1, -0.05) is 48.5 Å². The zero-order valence-electron chi connectivity index (χ0n) is 17.8. The van der Waals surface area contributed by atoms with Crippen LogP contribution in [0.1, 0.15) is 29.3 Å². The van der Waals surface area contributed by atoms with Crippen molar-refractivity contribution in [3.63, 3.8) is 0 Å². The summed E-state index contributed by atoms with van der Waals surface area (Å²) >= 11 is 0. The molecule has 5 heteroatoms. The summed E-state index contributed by atoms with van der Waals surface area (Å²) in [5, 5.41) is 0. The van der Waals surface area contributed by atoms with Crippen molar-refractivity contribution in [1.29, 1.82) is 0 Å². The van der Waals surface area contributed by atoms with Gasteiger partial charge in [-0.25, -0.2) is 4.98 Å². The summed E-state index contributed by atoms with van der Waals surface area (Å²) < 4.78 is 7.78. The highest BCUT2D eigenvalue weighted by molar-refractivity contribution is 5.97. The van der Waals surface area contributed by atoms with Crippen molar-refractivity contribution in [2.75, 3.05) is 18.6 Å². The summed E-state index contributed by atoms with van der Waals surface area (Å²) in [4.78, 5) is 19.8. The minimum absolute atomic E-state index is 0.0221. The van der Waals surface area contributed by atoms with Gasteiger partial charge in [-0.15, -0.1) is 0 Å². The van der Waals surface area contributed by atoms with Crippen LogP contribution in [0.3, 0.4) is 0 Å². The van der Waals surface area contributed by atoms with Gasteiger partial charge in [0.15, 0.2) is 0 Å². The fourth-order valence-electron chi connectivity index (χ4n) is 4.50. The molecule has 0 saturated carbocycles. The molecule has 0 N–H and O–H groups in total. The Labute approximate surface area is 181 Å². The van der Waals surface area contributed by atoms with Gasteiger partial charge in [-0.3, -0.25) is 4.79 Å². The second kappa shape index (κ2) is 7.91. The molecule has 156 valence electrons. The van der Waals surface area contributed by atoms with Crippen LogP contribution in [-0.2, 0) is 11.3 Å². The monoisotopic (exact) mass is 411 g/mol. The van der Waals surface area contributed by atoms with Crippen molar-refractivity contribution in [2.24, 2.45) is 0 Å². The van der Waals surface area contributed by atoms with E-state index in [1.807, 2.05) is 47.4 Å². The molecular weight excluding hydrogens is 386 g/mol. The highest BCUT2D eigenvalue weighted by Gasteiger charge is 2.36. The van der Waals surface area contributed by atoms with E-state index in [-0.39, 0.29) is 11.8 Å². The Balaban J connectivity index is 1.55. The van der Waals surface area contributed by atoms with Gasteiger partial charge in [0.2, 0.25) is 5.91 Å². The van der Waals surface area contributed by atoms with Crippen molar-refractivity contribution in [2.45, 2.75) is 25.8 Å². The van der Waals surface area contributed by atoms with Crippen LogP contribution in [0.4, 0.5) is 5.69 Å². The van der Waals surface area contributed by atoms with E-state index < -0.39 is 0 Å². The quantitative estimate of drug-likeness (QED) is 0.468. The molecule has 3 aromatic carbocycles. The zero-order chi connectivity index (χ0) is 21.4. The number of methoxy groups -OCH3 is 1. The number of imidazole rings is 1. The maximum absolute atomic E-state index is 13.0. The lowest BCUT2D eigenvalue weighted by molar-refractivity contribution is -0.117. The molecule has 31 heavy (non-hydrogen) atoms. The molecular formula is C26H25N3O2. The fraction of sp³-hybridized carbons (Fsp3) is 0.231. The van der Waals surface area contributed by atoms with Crippen molar-refractivity contribution < 1.29 is 9.53 Å². The number of para-hydroxylation sites is 4. The molecule has 5 rings (SSSR count). The van der Waals surface area contributed by atoms with Crippen LogP contribution in [0.25, 0.3) is 11.0 Å².